The molecule has 2 heterocycles. The van der Waals surface area contributed by atoms with Crippen LogP contribution in [0, 0.1) is 0 Å². The molecule has 3 rings (SSSR count). The van der Waals surface area contributed by atoms with Gasteiger partial charge < -0.3 is 15.5 Å². The molecule has 2 bridgehead atoms. The zero-order valence-corrected chi connectivity index (χ0v) is 19.6. The van der Waals surface area contributed by atoms with Gasteiger partial charge in [0.1, 0.15) is 6.54 Å². The van der Waals surface area contributed by atoms with E-state index in [-0.39, 0.29) is 36.4 Å². The van der Waals surface area contributed by atoms with Gasteiger partial charge in [0.05, 0.1) is 0 Å². The number of carbonyl (C=O) groups is 1. The standard InChI is InChI=1S/C21H33N5O.HI/c1-4-22-21(23-14-20(27)25(2)3)24-17-12-18-10-11-19(13-17)26(18)15-16-8-6-5-7-9-16;/h5-9,17-19H,4,10-15H2,1-3H3,(H2,22,23,24);1H. The van der Waals surface area contributed by atoms with Gasteiger partial charge in [-0.2, -0.15) is 0 Å². The molecular weight excluding hydrogens is 465 g/mol. The second-order valence-electron chi connectivity index (χ2n) is 7.84. The number of benzene rings is 1. The summed E-state index contributed by atoms with van der Waals surface area (Å²) in [7, 11) is 3.52. The minimum absolute atomic E-state index is 0. The normalized spacial score (nSPS) is 24.4. The summed E-state index contributed by atoms with van der Waals surface area (Å²) in [6.45, 7) is 4.08. The number of carbonyl (C=O) groups excluding carboxylic acids is 1. The monoisotopic (exact) mass is 499 g/mol. The summed E-state index contributed by atoms with van der Waals surface area (Å²) in [4.78, 5) is 20.6. The lowest BCUT2D eigenvalue weighted by molar-refractivity contribution is -0.127. The number of nitrogens with one attached hydrogen (secondary N) is 2. The average molecular weight is 499 g/mol. The third-order valence-corrected chi connectivity index (χ3v) is 5.65. The molecule has 0 spiro atoms. The Labute approximate surface area is 186 Å². The number of amides is 1. The Hall–Kier alpha value is -1.35. The molecule has 0 aromatic heterocycles. The summed E-state index contributed by atoms with van der Waals surface area (Å²) in [5.41, 5.74) is 1.40. The number of rotatable bonds is 6. The molecule has 0 saturated carbocycles. The second kappa shape index (κ2) is 11.0. The highest BCUT2D eigenvalue weighted by molar-refractivity contribution is 14.0. The van der Waals surface area contributed by atoms with Crippen molar-refractivity contribution < 1.29 is 4.79 Å². The highest BCUT2D eigenvalue weighted by Gasteiger charge is 2.40. The van der Waals surface area contributed by atoms with Gasteiger partial charge in [0.15, 0.2) is 5.96 Å². The molecule has 6 nitrogen and oxygen atoms in total. The number of fused-ring (bicyclic) bond motifs is 2. The van der Waals surface area contributed by atoms with Crippen LogP contribution in [0.25, 0.3) is 0 Å². The van der Waals surface area contributed by atoms with Crippen molar-refractivity contribution in [3.63, 3.8) is 0 Å². The lowest BCUT2D eigenvalue weighted by atomic mass is 9.96. The van der Waals surface area contributed by atoms with E-state index in [1.807, 2.05) is 0 Å². The van der Waals surface area contributed by atoms with Gasteiger partial charge in [-0.25, -0.2) is 4.99 Å². The van der Waals surface area contributed by atoms with Crippen LogP contribution in [0.1, 0.15) is 38.2 Å². The van der Waals surface area contributed by atoms with E-state index in [1.54, 1.807) is 19.0 Å². The van der Waals surface area contributed by atoms with Crippen molar-refractivity contribution in [1.29, 1.82) is 0 Å². The number of hydrogen-bond donors (Lipinski definition) is 2. The van der Waals surface area contributed by atoms with E-state index >= 15 is 0 Å². The Morgan fingerprint density at radius 1 is 1.18 bits per heavy atom. The molecule has 0 radical (unpaired) electrons. The van der Waals surface area contributed by atoms with Crippen LogP contribution >= 0.6 is 24.0 Å². The van der Waals surface area contributed by atoms with Crippen LogP contribution in [-0.4, -0.2) is 67.0 Å². The minimum atomic E-state index is 0. The molecule has 1 aromatic rings. The summed E-state index contributed by atoms with van der Waals surface area (Å²) in [5.74, 6) is 0.776. The molecule has 2 aliphatic heterocycles. The van der Waals surface area contributed by atoms with Crippen molar-refractivity contribution in [3.8, 4) is 0 Å². The lowest BCUT2D eigenvalue weighted by Crippen LogP contribution is -2.52. The molecule has 2 aliphatic rings. The summed E-state index contributed by atoms with van der Waals surface area (Å²) in [6.07, 6.45) is 4.83. The quantitative estimate of drug-likeness (QED) is 0.359. The van der Waals surface area contributed by atoms with Gasteiger partial charge in [-0.3, -0.25) is 9.69 Å². The molecule has 7 heteroatoms. The molecule has 2 saturated heterocycles. The van der Waals surface area contributed by atoms with Crippen molar-refractivity contribution in [2.45, 2.75) is 57.3 Å². The maximum Gasteiger partial charge on any atom is 0.243 e. The molecule has 1 amide bonds. The fraction of sp³-hybridized carbons (Fsp3) is 0.619. The van der Waals surface area contributed by atoms with Crippen LogP contribution in [0.2, 0.25) is 0 Å². The smallest absolute Gasteiger partial charge is 0.243 e. The Balaban J connectivity index is 0.00000280. The summed E-state index contributed by atoms with van der Waals surface area (Å²) in [6, 6.07) is 12.5. The first-order chi connectivity index (χ1) is 13.1. The van der Waals surface area contributed by atoms with E-state index in [1.165, 1.54) is 18.4 Å². The van der Waals surface area contributed by atoms with Crippen molar-refractivity contribution in [1.82, 2.24) is 20.4 Å². The van der Waals surface area contributed by atoms with Crippen LogP contribution in [-0.2, 0) is 11.3 Å². The Morgan fingerprint density at radius 2 is 1.82 bits per heavy atom. The van der Waals surface area contributed by atoms with Crippen LogP contribution in [0.3, 0.4) is 0 Å². The fourth-order valence-corrected chi connectivity index (χ4v) is 4.25. The van der Waals surface area contributed by atoms with Crippen molar-refractivity contribution >= 4 is 35.8 Å². The number of halogens is 1. The van der Waals surface area contributed by atoms with Crippen molar-refractivity contribution in [3.05, 3.63) is 35.9 Å². The van der Waals surface area contributed by atoms with Gasteiger partial charge in [-0.15, -0.1) is 24.0 Å². The number of aliphatic imine (C=N–C) groups is 1. The molecule has 2 unspecified atom stereocenters. The van der Waals surface area contributed by atoms with Gasteiger partial charge >= 0.3 is 0 Å². The van der Waals surface area contributed by atoms with E-state index in [9.17, 15) is 4.79 Å². The number of guanidine groups is 1. The summed E-state index contributed by atoms with van der Waals surface area (Å²) >= 11 is 0. The predicted octanol–water partition coefficient (Wildman–Crippen LogP) is 2.44. The number of nitrogens with zero attached hydrogens (tertiary/aromatic N) is 3. The van der Waals surface area contributed by atoms with Crippen LogP contribution in [0.4, 0.5) is 0 Å². The molecule has 1 aromatic carbocycles. The predicted molar refractivity (Wildman–Crippen MR) is 125 cm³/mol. The molecular formula is C21H34IN5O. The van der Waals surface area contributed by atoms with Gasteiger partial charge in [0.25, 0.3) is 0 Å². The maximum absolute atomic E-state index is 11.8. The van der Waals surface area contributed by atoms with E-state index in [4.69, 9.17) is 0 Å². The third-order valence-electron chi connectivity index (χ3n) is 5.65. The Kier molecular flexibility index (Phi) is 9.01. The van der Waals surface area contributed by atoms with E-state index in [2.05, 4.69) is 57.8 Å². The average Bonchev–Trinajstić information content (AvgIpc) is 2.89. The van der Waals surface area contributed by atoms with E-state index < -0.39 is 0 Å². The van der Waals surface area contributed by atoms with Crippen molar-refractivity contribution in [2.24, 2.45) is 4.99 Å². The highest BCUT2D eigenvalue weighted by atomic mass is 127. The molecule has 2 N–H and O–H groups in total. The summed E-state index contributed by atoms with van der Waals surface area (Å²) < 4.78 is 0. The van der Waals surface area contributed by atoms with Gasteiger partial charge in [0, 0.05) is 45.3 Å². The fourth-order valence-electron chi connectivity index (χ4n) is 4.25. The zero-order valence-electron chi connectivity index (χ0n) is 17.2. The minimum Gasteiger partial charge on any atom is -0.357 e. The van der Waals surface area contributed by atoms with Gasteiger partial charge in [-0.05, 0) is 38.2 Å². The maximum atomic E-state index is 11.8. The molecule has 28 heavy (non-hydrogen) atoms. The molecule has 2 fully saturated rings. The SMILES string of the molecule is CCNC(=NCC(=O)N(C)C)NC1CC2CCC(C1)N2Cc1ccccc1.I. The Bertz CT molecular complexity index is 637. The van der Waals surface area contributed by atoms with Crippen LogP contribution in [0.15, 0.2) is 35.3 Å². The molecule has 0 aliphatic carbocycles. The van der Waals surface area contributed by atoms with Crippen LogP contribution in [0.5, 0.6) is 0 Å². The largest absolute Gasteiger partial charge is 0.357 e. The first-order valence-electron chi connectivity index (χ1n) is 10.1. The third kappa shape index (κ3) is 6.07. The van der Waals surface area contributed by atoms with E-state index in [0.29, 0.717) is 18.1 Å². The first-order valence-corrected chi connectivity index (χ1v) is 10.1. The number of hydrogen-bond acceptors (Lipinski definition) is 3. The Morgan fingerprint density at radius 3 is 2.39 bits per heavy atom. The highest BCUT2D eigenvalue weighted by Crippen LogP contribution is 2.36. The summed E-state index contributed by atoms with van der Waals surface area (Å²) in [5, 5.41) is 6.86. The van der Waals surface area contributed by atoms with E-state index in [0.717, 1.165) is 31.9 Å². The van der Waals surface area contributed by atoms with Gasteiger partial charge in [-0.1, -0.05) is 30.3 Å². The first kappa shape index (κ1) is 22.9. The number of piperidine rings is 1. The second-order valence-corrected chi connectivity index (χ2v) is 7.84. The van der Waals surface area contributed by atoms with Crippen LogP contribution < -0.4 is 10.6 Å². The van der Waals surface area contributed by atoms with Crippen molar-refractivity contribution in [2.75, 3.05) is 27.2 Å². The topological polar surface area (TPSA) is 60.0 Å². The zero-order chi connectivity index (χ0) is 19.2. The number of likely N-dealkylation sites (N-methyl/N-ethyl adjacent to an activating group) is 1. The molecule has 2 atom stereocenters. The molecule has 156 valence electrons. The van der Waals surface area contributed by atoms with Gasteiger partial charge in [0.2, 0.25) is 5.91 Å². The lowest BCUT2D eigenvalue weighted by Gasteiger charge is -2.39.